The fourth-order valence-corrected chi connectivity index (χ4v) is 6.69. The molecule has 11 nitrogen and oxygen atoms in total. The van der Waals surface area contributed by atoms with Crippen LogP contribution in [0, 0.1) is 39.9 Å². The van der Waals surface area contributed by atoms with Gasteiger partial charge in [-0.2, -0.15) is 5.26 Å². The number of likely N-dealkylation sites (tertiary alicyclic amines) is 1. The Hall–Kier alpha value is -3.36. The molecule has 7 atom stereocenters. The Balaban J connectivity index is 1.30. The molecule has 0 aromatic heterocycles. The number of rotatable bonds is 7. The SMILES string of the molecule is CC(C)(C)C(NC(=O)C1CCOC1)C(=O)N1C[C@H]2[C@@H]([C@H]1C(=O)NC(C#N)C[C@@H]1Oc3ccc(Cl)cc3NC1=O)C2(C)C. The number of fused-ring (bicyclic) bond motifs is 2. The molecule has 3 unspecified atom stereocenters. The van der Waals surface area contributed by atoms with Crippen molar-refractivity contribution in [3.63, 3.8) is 0 Å². The summed E-state index contributed by atoms with van der Waals surface area (Å²) in [6.07, 6.45) is -0.491. The highest BCUT2D eigenvalue weighted by Gasteiger charge is 2.69. The number of hydrogen-bond acceptors (Lipinski definition) is 7. The molecule has 2 saturated heterocycles. The van der Waals surface area contributed by atoms with E-state index in [9.17, 15) is 24.4 Å². The first-order chi connectivity index (χ1) is 19.7. The van der Waals surface area contributed by atoms with Gasteiger partial charge >= 0.3 is 0 Å². The van der Waals surface area contributed by atoms with Crippen LogP contribution in [0.25, 0.3) is 0 Å². The van der Waals surface area contributed by atoms with E-state index in [4.69, 9.17) is 21.1 Å². The van der Waals surface area contributed by atoms with Crippen molar-refractivity contribution in [3.05, 3.63) is 23.2 Å². The molecule has 3 fully saturated rings. The molecule has 1 aromatic rings. The largest absolute Gasteiger partial charge is 0.478 e. The Kier molecular flexibility index (Phi) is 7.92. The van der Waals surface area contributed by atoms with Crippen LogP contribution in [-0.2, 0) is 23.9 Å². The maximum Gasteiger partial charge on any atom is 0.265 e. The molecule has 4 aliphatic rings. The molecule has 226 valence electrons. The van der Waals surface area contributed by atoms with E-state index in [2.05, 4.69) is 35.9 Å². The first-order valence-corrected chi connectivity index (χ1v) is 14.8. The van der Waals surface area contributed by atoms with Crippen LogP contribution in [0.1, 0.15) is 47.5 Å². The van der Waals surface area contributed by atoms with Crippen LogP contribution in [0.15, 0.2) is 18.2 Å². The molecule has 4 amide bonds. The van der Waals surface area contributed by atoms with Gasteiger partial charge in [0.25, 0.3) is 5.91 Å². The summed E-state index contributed by atoms with van der Waals surface area (Å²) >= 11 is 6.00. The zero-order valence-electron chi connectivity index (χ0n) is 24.5. The summed E-state index contributed by atoms with van der Waals surface area (Å²) in [5.41, 5.74) is -0.332. The number of amides is 4. The maximum absolute atomic E-state index is 14.0. The number of nitrogens with zero attached hydrogens (tertiary/aromatic N) is 2. The van der Waals surface area contributed by atoms with Crippen molar-refractivity contribution in [2.45, 2.75) is 71.7 Å². The molecule has 0 spiro atoms. The quantitative estimate of drug-likeness (QED) is 0.436. The lowest BCUT2D eigenvalue weighted by Gasteiger charge is -2.38. The Morgan fingerprint density at radius 1 is 1.24 bits per heavy atom. The van der Waals surface area contributed by atoms with Gasteiger partial charge in [-0.3, -0.25) is 19.2 Å². The predicted octanol–water partition coefficient (Wildman–Crippen LogP) is 2.49. The second kappa shape index (κ2) is 11.0. The minimum Gasteiger partial charge on any atom is -0.478 e. The summed E-state index contributed by atoms with van der Waals surface area (Å²) in [5.74, 6) is -1.33. The van der Waals surface area contributed by atoms with Gasteiger partial charge in [0.05, 0.1) is 24.3 Å². The van der Waals surface area contributed by atoms with Crippen molar-refractivity contribution in [1.82, 2.24) is 15.5 Å². The number of nitriles is 1. The second-order valence-electron chi connectivity index (χ2n) is 13.4. The molecule has 0 bridgehead atoms. The molecule has 12 heteroatoms. The standard InChI is InChI=1S/C30H38ClN5O6/c1-29(2,3)24(35-25(37)15-8-9-41-14-15)28(40)36-13-18-22(30(18,4)5)23(36)27(39)33-17(12-32)11-21-26(38)34-19-10-16(31)6-7-20(19)42-21/h6-7,10,15,17-18,21-24H,8-9,11,13-14H2,1-5H3,(H,33,39)(H,34,38)(H,35,37)/t15?,17?,18-,21-,22-,23-,24?/m0/s1. The van der Waals surface area contributed by atoms with E-state index in [1.807, 2.05) is 20.8 Å². The third-order valence-corrected chi connectivity index (χ3v) is 9.38. The van der Waals surface area contributed by atoms with E-state index < -0.39 is 41.5 Å². The van der Waals surface area contributed by atoms with Crippen LogP contribution in [0.4, 0.5) is 5.69 Å². The average molecular weight is 600 g/mol. The van der Waals surface area contributed by atoms with E-state index >= 15 is 0 Å². The summed E-state index contributed by atoms with van der Waals surface area (Å²) in [6, 6.07) is 4.21. The van der Waals surface area contributed by atoms with Crippen molar-refractivity contribution in [1.29, 1.82) is 5.26 Å². The molecule has 5 rings (SSSR count). The van der Waals surface area contributed by atoms with E-state index in [1.54, 1.807) is 23.1 Å². The number of carbonyl (C=O) groups is 4. The van der Waals surface area contributed by atoms with Crippen molar-refractivity contribution >= 4 is 40.9 Å². The average Bonchev–Trinajstić information content (AvgIpc) is 3.37. The normalized spacial score (nSPS) is 28.7. The summed E-state index contributed by atoms with van der Waals surface area (Å²) < 4.78 is 11.2. The number of nitrogens with one attached hydrogen (secondary N) is 3. The topological polar surface area (TPSA) is 150 Å². The molecular weight excluding hydrogens is 562 g/mol. The van der Waals surface area contributed by atoms with E-state index in [0.717, 1.165) is 0 Å². The molecule has 3 aliphatic heterocycles. The van der Waals surface area contributed by atoms with Gasteiger partial charge in [0.2, 0.25) is 17.7 Å². The van der Waals surface area contributed by atoms with Crippen LogP contribution >= 0.6 is 11.6 Å². The highest BCUT2D eigenvalue weighted by molar-refractivity contribution is 6.31. The van der Waals surface area contributed by atoms with Gasteiger partial charge in [-0.15, -0.1) is 0 Å². The molecule has 3 N–H and O–H groups in total. The number of piperidine rings is 1. The molecule has 0 radical (unpaired) electrons. The molecule has 42 heavy (non-hydrogen) atoms. The number of benzene rings is 1. The van der Waals surface area contributed by atoms with Crippen LogP contribution in [0.5, 0.6) is 5.75 Å². The zero-order valence-corrected chi connectivity index (χ0v) is 25.3. The lowest BCUT2D eigenvalue weighted by Crippen LogP contribution is -2.60. The van der Waals surface area contributed by atoms with Crippen LogP contribution in [0.3, 0.4) is 0 Å². The van der Waals surface area contributed by atoms with Gasteiger partial charge in [-0.25, -0.2) is 0 Å². The number of halogens is 1. The highest BCUT2D eigenvalue weighted by atomic mass is 35.5. The predicted molar refractivity (Wildman–Crippen MR) is 153 cm³/mol. The Labute approximate surface area is 250 Å². The van der Waals surface area contributed by atoms with Crippen LogP contribution < -0.4 is 20.7 Å². The van der Waals surface area contributed by atoms with Gasteiger partial charge in [-0.1, -0.05) is 46.2 Å². The van der Waals surface area contributed by atoms with E-state index in [0.29, 0.717) is 42.6 Å². The number of hydrogen-bond donors (Lipinski definition) is 3. The first kappa shape index (κ1) is 30.1. The van der Waals surface area contributed by atoms with Crippen molar-refractivity contribution < 1.29 is 28.7 Å². The van der Waals surface area contributed by atoms with E-state index in [-0.39, 0.29) is 41.4 Å². The number of carbonyl (C=O) groups excluding carboxylic acids is 4. The lowest BCUT2D eigenvalue weighted by molar-refractivity contribution is -0.146. The molecule has 1 aliphatic carbocycles. The van der Waals surface area contributed by atoms with Gasteiger partial charge in [0.15, 0.2) is 6.10 Å². The van der Waals surface area contributed by atoms with Crippen molar-refractivity contribution in [3.8, 4) is 11.8 Å². The first-order valence-electron chi connectivity index (χ1n) is 14.4. The van der Waals surface area contributed by atoms with Gasteiger partial charge in [-0.05, 0) is 47.3 Å². The second-order valence-corrected chi connectivity index (χ2v) is 13.9. The highest BCUT2D eigenvalue weighted by Crippen LogP contribution is 2.65. The molecule has 3 heterocycles. The third-order valence-electron chi connectivity index (χ3n) is 9.14. The van der Waals surface area contributed by atoms with Gasteiger partial charge in [0, 0.05) is 24.6 Å². The summed E-state index contributed by atoms with van der Waals surface area (Å²) in [5, 5.41) is 18.8. The Morgan fingerprint density at radius 3 is 2.62 bits per heavy atom. The fourth-order valence-electron chi connectivity index (χ4n) is 6.52. The lowest BCUT2D eigenvalue weighted by atomic mass is 9.84. The van der Waals surface area contributed by atoms with Gasteiger partial charge < -0.3 is 30.3 Å². The van der Waals surface area contributed by atoms with Crippen molar-refractivity contribution in [2.24, 2.45) is 28.6 Å². The third kappa shape index (κ3) is 5.66. The molecule has 1 saturated carbocycles. The maximum atomic E-state index is 14.0. The van der Waals surface area contributed by atoms with E-state index in [1.165, 1.54) is 0 Å². The minimum absolute atomic E-state index is 0.0849. The molecule has 1 aromatic carbocycles. The Bertz CT molecular complexity index is 1330. The fraction of sp³-hybridized carbons (Fsp3) is 0.633. The number of ether oxygens (including phenoxy) is 2. The molecular formula is C30H38ClN5O6. The van der Waals surface area contributed by atoms with Gasteiger partial charge in [0.1, 0.15) is 23.9 Å². The van der Waals surface area contributed by atoms with Crippen LogP contribution in [0.2, 0.25) is 5.02 Å². The monoisotopic (exact) mass is 599 g/mol. The Morgan fingerprint density at radius 2 is 1.98 bits per heavy atom. The summed E-state index contributed by atoms with van der Waals surface area (Å²) in [4.78, 5) is 55.1. The minimum atomic E-state index is -1.04. The van der Waals surface area contributed by atoms with Crippen molar-refractivity contribution in [2.75, 3.05) is 25.1 Å². The summed E-state index contributed by atoms with van der Waals surface area (Å²) in [6.45, 7) is 11.0. The summed E-state index contributed by atoms with van der Waals surface area (Å²) in [7, 11) is 0. The smallest absolute Gasteiger partial charge is 0.265 e. The zero-order chi connectivity index (χ0) is 30.6. The van der Waals surface area contributed by atoms with Crippen LogP contribution in [-0.4, -0.2) is 72.5 Å². The number of anilines is 1.